The summed E-state index contributed by atoms with van der Waals surface area (Å²) in [5.41, 5.74) is 7.19. The van der Waals surface area contributed by atoms with Gasteiger partial charge >= 0.3 is 5.97 Å². The topological polar surface area (TPSA) is 94.3 Å². The van der Waals surface area contributed by atoms with E-state index < -0.39 is 5.97 Å². The molecule has 1 atom stereocenters. The Morgan fingerprint density at radius 2 is 1.96 bits per heavy atom. The molecule has 1 aromatic heterocycles. The maximum absolute atomic E-state index is 11.9. The van der Waals surface area contributed by atoms with Gasteiger partial charge in [0.1, 0.15) is 5.01 Å². The van der Waals surface area contributed by atoms with Gasteiger partial charge in [0.2, 0.25) is 5.91 Å². The molecule has 2 rings (SSSR count). The Morgan fingerprint density at radius 3 is 2.60 bits per heavy atom. The van der Waals surface area contributed by atoms with E-state index in [1.54, 1.807) is 12.3 Å². The zero-order chi connectivity index (χ0) is 16.7. The number of hydrogen-bond acceptors (Lipinski definition) is 6. The highest BCUT2D eigenvalue weighted by atomic mass is 35.5. The Kier molecular flexibility index (Phi) is 11.0. The molecule has 0 aliphatic carbocycles. The normalized spacial score (nSPS) is 10.8. The summed E-state index contributed by atoms with van der Waals surface area (Å²) >= 11 is 1.30. The molecule has 25 heavy (non-hydrogen) atoms. The number of nitrogens with two attached hydrogens (primary N) is 1. The summed E-state index contributed by atoms with van der Waals surface area (Å²) in [6, 6.07) is 9.12. The second kappa shape index (κ2) is 11.8. The van der Waals surface area contributed by atoms with Crippen LogP contribution >= 0.6 is 36.2 Å². The van der Waals surface area contributed by atoms with Gasteiger partial charge in [-0.1, -0.05) is 30.3 Å². The van der Waals surface area contributed by atoms with Crippen LogP contribution in [0.1, 0.15) is 40.4 Å². The zero-order valence-electron chi connectivity index (χ0n) is 13.6. The lowest BCUT2D eigenvalue weighted by Crippen LogP contribution is -2.27. The van der Waals surface area contributed by atoms with Crippen molar-refractivity contribution in [1.29, 1.82) is 0 Å². The monoisotopic (exact) mass is 405 g/mol. The molecular weight excluding hydrogens is 385 g/mol. The van der Waals surface area contributed by atoms with Gasteiger partial charge in [-0.05, 0) is 12.5 Å². The van der Waals surface area contributed by atoms with Crippen LogP contribution in [0.2, 0.25) is 0 Å². The van der Waals surface area contributed by atoms with Crippen LogP contribution in [-0.4, -0.2) is 23.5 Å². The van der Waals surface area contributed by atoms with Gasteiger partial charge in [-0.25, -0.2) is 9.78 Å². The van der Waals surface area contributed by atoms with Crippen molar-refractivity contribution in [3.05, 3.63) is 52.0 Å². The van der Waals surface area contributed by atoms with Gasteiger partial charge in [-0.3, -0.25) is 4.79 Å². The van der Waals surface area contributed by atoms with E-state index in [1.807, 2.05) is 30.3 Å². The van der Waals surface area contributed by atoms with Crippen molar-refractivity contribution >= 4 is 48.0 Å². The van der Waals surface area contributed by atoms with Crippen LogP contribution in [0, 0.1) is 0 Å². The Hall–Kier alpha value is -1.67. The lowest BCUT2D eigenvalue weighted by Gasteiger charge is -2.11. The number of rotatable bonds is 7. The van der Waals surface area contributed by atoms with E-state index in [0.29, 0.717) is 11.6 Å². The molecule has 0 fully saturated rings. The number of thiazole rings is 1. The van der Waals surface area contributed by atoms with Crippen molar-refractivity contribution in [2.45, 2.75) is 25.9 Å². The summed E-state index contributed by atoms with van der Waals surface area (Å²) in [5, 5.41) is 5.03. The van der Waals surface area contributed by atoms with Crippen LogP contribution < -0.4 is 11.1 Å². The Morgan fingerprint density at radius 1 is 1.28 bits per heavy atom. The zero-order valence-corrected chi connectivity index (χ0v) is 16.1. The summed E-state index contributed by atoms with van der Waals surface area (Å²) in [6.07, 6.45) is 0.195. The standard InChI is InChI=1S/C16H19N3O3S.2ClH/c1-2-22-16(21)13-10-23-15(19-13)9-18-14(20)8-12(17)11-6-4-3-5-7-11;;/h3-7,10,12H,2,8-9,17H2,1H3,(H,18,20);2*1H. The lowest BCUT2D eigenvalue weighted by molar-refractivity contribution is -0.121. The molecule has 0 saturated heterocycles. The first kappa shape index (κ1) is 23.3. The third-order valence-electron chi connectivity index (χ3n) is 3.11. The number of amides is 1. The molecule has 138 valence electrons. The third-order valence-corrected chi connectivity index (χ3v) is 3.95. The van der Waals surface area contributed by atoms with E-state index >= 15 is 0 Å². The van der Waals surface area contributed by atoms with E-state index in [9.17, 15) is 9.59 Å². The summed E-state index contributed by atoms with van der Waals surface area (Å²) in [6.45, 7) is 2.31. The van der Waals surface area contributed by atoms with Crippen LogP contribution in [0.4, 0.5) is 0 Å². The molecular formula is C16H21Cl2N3O3S. The van der Waals surface area contributed by atoms with Crippen molar-refractivity contribution in [3.8, 4) is 0 Å². The molecule has 6 nitrogen and oxygen atoms in total. The number of carbonyl (C=O) groups excluding carboxylic acids is 2. The maximum Gasteiger partial charge on any atom is 0.357 e. The summed E-state index contributed by atoms with van der Waals surface area (Å²) in [7, 11) is 0. The third kappa shape index (κ3) is 7.39. The average Bonchev–Trinajstić information content (AvgIpc) is 3.03. The van der Waals surface area contributed by atoms with E-state index in [0.717, 1.165) is 5.56 Å². The molecule has 0 radical (unpaired) electrons. The number of esters is 1. The Balaban J connectivity index is 0.00000288. The van der Waals surface area contributed by atoms with Gasteiger partial charge in [-0.15, -0.1) is 36.2 Å². The maximum atomic E-state index is 11.9. The first-order valence-corrected chi connectivity index (χ1v) is 8.17. The van der Waals surface area contributed by atoms with Gasteiger partial charge in [0.25, 0.3) is 0 Å². The summed E-state index contributed by atoms with van der Waals surface area (Å²) in [5.74, 6) is -0.610. The highest BCUT2D eigenvalue weighted by molar-refractivity contribution is 7.09. The molecule has 1 amide bonds. The van der Waals surface area contributed by atoms with E-state index in [4.69, 9.17) is 10.5 Å². The number of ether oxygens (including phenoxy) is 1. The quantitative estimate of drug-likeness (QED) is 0.690. The van der Waals surface area contributed by atoms with E-state index in [-0.39, 0.29) is 55.4 Å². The van der Waals surface area contributed by atoms with Crippen molar-refractivity contribution in [1.82, 2.24) is 10.3 Å². The number of aromatic nitrogens is 1. The van der Waals surface area contributed by atoms with Crippen molar-refractivity contribution in [2.75, 3.05) is 6.61 Å². The number of hydrogen-bond donors (Lipinski definition) is 2. The molecule has 2 aromatic rings. The smallest absolute Gasteiger partial charge is 0.357 e. The minimum atomic E-state index is -0.451. The molecule has 0 bridgehead atoms. The molecule has 0 aliphatic rings. The fraction of sp³-hybridized carbons (Fsp3) is 0.312. The van der Waals surface area contributed by atoms with Crippen molar-refractivity contribution in [3.63, 3.8) is 0 Å². The average molecular weight is 406 g/mol. The SMILES string of the molecule is CCOC(=O)c1csc(CNC(=O)CC(N)c2ccccc2)n1.Cl.Cl. The number of nitrogens with zero attached hydrogens (tertiary/aromatic N) is 1. The molecule has 9 heteroatoms. The van der Waals surface area contributed by atoms with Crippen LogP contribution in [0.5, 0.6) is 0 Å². The summed E-state index contributed by atoms with van der Waals surface area (Å²) in [4.78, 5) is 27.6. The number of carbonyl (C=O) groups is 2. The molecule has 1 aromatic carbocycles. The minimum Gasteiger partial charge on any atom is -0.461 e. The highest BCUT2D eigenvalue weighted by Crippen LogP contribution is 2.14. The molecule has 1 unspecified atom stereocenters. The molecule has 0 aliphatic heterocycles. The van der Waals surface area contributed by atoms with Gasteiger partial charge in [-0.2, -0.15) is 0 Å². The van der Waals surface area contributed by atoms with E-state index in [1.165, 1.54) is 11.3 Å². The second-order valence-electron chi connectivity index (χ2n) is 4.84. The largest absolute Gasteiger partial charge is 0.461 e. The summed E-state index contributed by atoms with van der Waals surface area (Å²) < 4.78 is 4.87. The van der Waals surface area contributed by atoms with Gasteiger partial charge in [0.05, 0.1) is 13.2 Å². The predicted molar refractivity (Wildman–Crippen MR) is 102 cm³/mol. The fourth-order valence-electron chi connectivity index (χ4n) is 1.96. The first-order valence-electron chi connectivity index (χ1n) is 7.29. The number of halogens is 2. The Bertz CT molecular complexity index is 668. The van der Waals surface area contributed by atoms with Gasteiger partial charge < -0.3 is 15.8 Å². The van der Waals surface area contributed by atoms with Crippen molar-refractivity contribution in [2.24, 2.45) is 5.73 Å². The van der Waals surface area contributed by atoms with Crippen LogP contribution in [0.3, 0.4) is 0 Å². The van der Waals surface area contributed by atoms with Gasteiger partial charge in [0.15, 0.2) is 5.69 Å². The molecule has 0 spiro atoms. The van der Waals surface area contributed by atoms with Crippen LogP contribution in [0.15, 0.2) is 35.7 Å². The number of nitrogens with one attached hydrogen (secondary N) is 1. The van der Waals surface area contributed by atoms with Crippen LogP contribution in [-0.2, 0) is 16.1 Å². The Labute approximate surface area is 163 Å². The fourth-order valence-corrected chi connectivity index (χ4v) is 2.66. The van der Waals surface area contributed by atoms with Crippen molar-refractivity contribution < 1.29 is 14.3 Å². The first-order chi connectivity index (χ1) is 11.1. The van der Waals surface area contributed by atoms with Crippen LogP contribution in [0.25, 0.3) is 0 Å². The highest BCUT2D eigenvalue weighted by Gasteiger charge is 2.14. The lowest BCUT2D eigenvalue weighted by atomic mass is 10.0. The molecule has 3 N–H and O–H groups in total. The molecule has 1 heterocycles. The van der Waals surface area contributed by atoms with Gasteiger partial charge in [0, 0.05) is 17.8 Å². The molecule has 0 saturated carbocycles. The predicted octanol–water partition coefficient (Wildman–Crippen LogP) is 2.87. The van der Waals surface area contributed by atoms with E-state index in [2.05, 4.69) is 10.3 Å². The second-order valence-corrected chi connectivity index (χ2v) is 5.79. The minimum absolute atomic E-state index is 0. The number of benzene rings is 1.